The fourth-order valence-electron chi connectivity index (χ4n) is 2.94. The zero-order valence-corrected chi connectivity index (χ0v) is 13.1. The summed E-state index contributed by atoms with van der Waals surface area (Å²) >= 11 is 0. The molecule has 1 aromatic rings. The summed E-state index contributed by atoms with van der Waals surface area (Å²) in [4.78, 5) is 0. The van der Waals surface area contributed by atoms with E-state index in [-0.39, 0.29) is 16.7 Å². The van der Waals surface area contributed by atoms with E-state index in [4.69, 9.17) is 4.74 Å². The van der Waals surface area contributed by atoms with E-state index in [9.17, 15) is 12.8 Å². The predicted molar refractivity (Wildman–Crippen MR) is 79.8 cm³/mol. The summed E-state index contributed by atoms with van der Waals surface area (Å²) in [6.45, 7) is 0.910. The first-order valence-corrected chi connectivity index (χ1v) is 8.81. The van der Waals surface area contributed by atoms with E-state index in [0.29, 0.717) is 13.2 Å². The van der Waals surface area contributed by atoms with E-state index < -0.39 is 15.8 Å². The molecule has 0 atom stereocenters. The SMILES string of the molecule is COCC1(CNS(=O)(=O)Cc2ccccc2F)CCCC1. The van der Waals surface area contributed by atoms with Gasteiger partial charge in [-0.1, -0.05) is 31.0 Å². The van der Waals surface area contributed by atoms with Crippen molar-refractivity contribution in [3.8, 4) is 0 Å². The summed E-state index contributed by atoms with van der Waals surface area (Å²) in [6, 6.07) is 5.95. The third-order valence-electron chi connectivity index (χ3n) is 4.09. The van der Waals surface area contributed by atoms with Crippen molar-refractivity contribution in [3.63, 3.8) is 0 Å². The van der Waals surface area contributed by atoms with Crippen LogP contribution < -0.4 is 4.72 Å². The molecule has 0 unspecified atom stereocenters. The van der Waals surface area contributed by atoms with Crippen LogP contribution in [0.4, 0.5) is 4.39 Å². The third-order valence-corrected chi connectivity index (χ3v) is 5.36. The molecular weight excluding hydrogens is 293 g/mol. The van der Waals surface area contributed by atoms with Crippen molar-refractivity contribution in [2.75, 3.05) is 20.3 Å². The average Bonchev–Trinajstić information content (AvgIpc) is 2.89. The Balaban J connectivity index is 1.99. The summed E-state index contributed by atoms with van der Waals surface area (Å²) < 4.78 is 45.7. The van der Waals surface area contributed by atoms with Gasteiger partial charge in [-0.2, -0.15) is 0 Å². The van der Waals surface area contributed by atoms with Crippen LogP contribution in [-0.4, -0.2) is 28.7 Å². The largest absolute Gasteiger partial charge is 0.384 e. The number of benzene rings is 1. The molecule has 1 aliphatic rings. The molecular formula is C15H22FNO3S. The molecule has 0 bridgehead atoms. The van der Waals surface area contributed by atoms with Gasteiger partial charge in [-0.05, 0) is 18.9 Å². The van der Waals surface area contributed by atoms with Crippen molar-refractivity contribution in [2.45, 2.75) is 31.4 Å². The molecule has 6 heteroatoms. The first-order valence-electron chi connectivity index (χ1n) is 7.16. The maximum absolute atomic E-state index is 13.5. The normalized spacial score (nSPS) is 18.0. The topological polar surface area (TPSA) is 55.4 Å². The van der Waals surface area contributed by atoms with Gasteiger partial charge >= 0.3 is 0 Å². The molecule has 1 aromatic carbocycles. The summed E-state index contributed by atoms with van der Waals surface area (Å²) in [5.74, 6) is -0.821. The highest BCUT2D eigenvalue weighted by Crippen LogP contribution is 2.37. The van der Waals surface area contributed by atoms with E-state index in [2.05, 4.69) is 4.72 Å². The Morgan fingerprint density at radius 2 is 1.95 bits per heavy atom. The van der Waals surface area contributed by atoms with Crippen LogP contribution in [-0.2, 0) is 20.5 Å². The standard InChI is InChI=1S/C15H22FNO3S/c1-20-12-15(8-4-5-9-15)11-17-21(18,19)10-13-6-2-3-7-14(13)16/h2-3,6-7,17H,4-5,8-12H2,1H3. The molecule has 4 nitrogen and oxygen atoms in total. The van der Waals surface area contributed by atoms with E-state index in [1.807, 2.05) is 0 Å². The molecule has 0 saturated heterocycles. The predicted octanol–water partition coefficient (Wildman–Crippen LogP) is 2.45. The number of hydrogen-bond donors (Lipinski definition) is 1. The first kappa shape index (κ1) is 16.4. The van der Waals surface area contributed by atoms with Gasteiger partial charge in [0.2, 0.25) is 10.0 Å². The zero-order chi connectivity index (χ0) is 15.3. The molecule has 1 N–H and O–H groups in total. The molecule has 0 radical (unpaired) electrons. The highest BCUT2D eigenvalue weighted by Gasteiger charge is 2.35. The van der Waals surface area contributed by atoms with Gasteiger partial charge in [0.05, 0.1) is 12.4 Å². The lowest BCUT2D eigenvalue weighted by atomic mass is 9.87. The Bertz CT molecular complexity index is 568. The average molecular weight is 315 g/mol. The zero-order valence-electron chi connectivity index (χ0n) is 12.3. The van der Waals surface area contributed by atoms with Gasteiger partial charge in [-0.15, -0.1) is 0 Å². The van der Waals surface area contributed by atoms with Crippen LogP contribution in [0.1, 0.15) is 31.2 Å². The summed E-state index contributed by atoms with van der Waals surface area (Å²) in [5, 5.41) is 0. The smallest absolute Gasteiger partial charge is 0.215 e. The lowest BCUT2D eigenvalue weighted by Gasteiger charge is -2.28. The molecule has 0 spiro atoms. The molecule has 0 aliphatic heterocycles. The Morgan fingerprint density at radius 1 is 1.29 bits per heavy atom. The third kappa shape index (κ3) is 4.49. The second kappa shape index (κ2) is 6.85. The van der Waals surface area contributed by atoms with Crippen LogP contribution in [0.3, 0.4) is 0 Å². The van der Waals surface area contributed by atoms with Crippen LogP contribution in [0.5, 0.6) is 0 Å². The van der Waals surface area contributed by atoms with Crippen molar-refractivity contribution in [1.82, 2.24) is 4.72 Å². The van der Waals surface area contributed by atoms with E-state index in [1.165, 1.54) is 12.1 Å². The van der Waals surface area contributed by atoms with E-state index >= 15 is 0 Å². The van der Waals surface area contributed by atoms with Gasteiger partial charge in [-0.3, -0.25) is 0 Å². The number of hydrogen-bond acceptors (Lipinski definition) is 3. The minimum Gasteiger partial charge on any atom is -0.384 e. The van der Waals surface area contributed by atoms with Crippen molar-refractivity contribution < 1.29 is 17.5 Å². The molecule has 2 rings (SSSR count). The van der Waals surface area contributed by atoms with Crippen molar-refractivity contribution in [1.29, 1.82) is 0 Å². The quantitative estimate of drug-likeness (QED) is 0.841. The van der Waals surface area contributed by atoms with Gasteiger partial charge in [0.25, 0.3) is 0 Å². The van der Waals surface area contributed by atoms with Crippen molar-refractivity contribution in [2.24, 2.45) is 5.41 Å². The van der Waals surface area contributed by atoms with Gasteiger partial charge in [-0.25, -0.2) is 17.5 Å². The van der Waals surface area contributed by atoms with Gasteiger partial charge in [0.1, 0.15) is 5.82 Å². The monoisotopic (exact) mass is 315 g/mol. The number of halogens is 1. The minimum absolute atomic E-state index is 0.114. The molecule has 1 fully saturated rings. The van der Waals surface area contributed by atoms with Gasteiger partial charge in [0, 0.05) is 24.6 Å². The van der Waals surface area contributed by atoms with Crippen LogP contribution in [0.25, 0.3) is 0 Å². The maximum atomic E-state index is 13.5. The molecule has 0 heterocycles. The lowest BCUT2D eigenvalue weighted by molar-refractivity contribution is 0.0867. The summed E-state index contributed by atoms with van der Waals surface area (Å²) in [5.41, 5.74) is 0.0778. The molecule has 0 amide bonds. The van der Waals surface area contributed by atoms with Crippen molar-refractivity contribution in [3.05, 3.63) is 35.6 Å². The van der Waals surface area contributed by atoms with Crippen LogP contribution in [0.2, 0.25) is 0 Å². The van der Waals surface area contributed by atoms with E-state index in [0.717, 1.165) is 25.7 Å². The van der Waals surface area contributed by atoms with Crippen molar-refractivity contribution >= 4 is 10.0 Å². The summed E-state index contributed by atoms with van der Waals surface area (Å²) in [7, 11) is -1.91. The number of nitrogens with one attached hydrogen (secondary N) is 1. The first-order chi connectivity index (χ1) is 9.96. The van der Waals surface area contributed by atoms with E-state index in [1.54, 1.807) is 19.2 Å². The van der Waals surface area contributed by atoms with Gasteiger partial charge in [0.15, 0.2) is 0 Å². The fourth-order valence-corrected chi connectivity index (χ4v) is 4.21. The Morgan fingerprint density at radius 3 is 2.57 bits per heavy atom. The fraction of sp³-hybridized carbons (Fsp3) is 0.600. The Labute approximate surface area is 125 Å². The minimum atomic E-state index is -3.55. The molecule has 1 saturated carbocycles. The van der Waals surface area contributed by atoms with Crippen LogP contribution in [0, 0.1) is 11.2 Å². The number of rotatable bonds is 7. The molecule has 118 valence electrons. The summed E-state index contributed by atoms with van der Waals surface area (Å²) in [6.07, 6.45) is 4.11. The lowest BCUT2D eigenvalue weighted by Crippen LogP contribution is -2.39. The molecule has 1 aliphatic carbocycles. The van der Waals surface area contributed by atoms with Crippen LogP contribution >= 0.6 is 0 Å². The molecule has 0 aromatic heterocycles. The van der Waals surface area contributed by atoms with Crippen LogP contribution in [0.15, 0.2) is 24.3 Å². The Hall–Kier alpha value is -0.980. The number of ether oxygens (including phenoxy) is 1. The number of sulfonamides is 1. The Kier molecular flexibility index (Phi) is 5.35. The second-order valence-electron chi connectivity index (χ2n) is 5.81. The molecule has 21 heavy (non-hydrogen) atoms. The highest BCUT2D eigenvalue weighted by atomic mass is 32.2. The number of methoxy groups -OCH3 is 1. The maximum Gasteiger partial charge on any atom is 0.215 e. The highest BCUT2D eigenvalue weighted by molar-refractivity contribution is 7.88. The second-order valence-corrected chi connectivity index (χ2v) is 7.62. The van der Waals surface area contributed by atoms with Gasteiger partial charge < -0.3 is 4.74 Å².